The van der Waals surface area contributed by atoms with Crippen LogP contribution in [0.1, 0.15) is 43.8 Å². The quantitative estimate of drug-likeness (QED) is 0.875. The second-order valence-electron chi connectivity index (χ2n) is 5.19. The first-order valence-corrected chi connectivity index (χ1v) is 7.18. The monoisotopic (exact) mass is 252 g/mol. The van der Waals surface area contributed by atoms with Crippen LogP contribution < -0.4 is 5.32 Å². The summed E-state index contributed by atoms with van der Waals surface area (Å²) in [6.07, 6.45) is 1.90. The number of amides is 1. The highest BCUT2D eigenvalue weighted by molar-refractivity contribution is 7.09. The fourth-order valence-corrected chi connectivity index (χ4v) is 2.70. The SMILES string of the molecule is CC(C)c1nc(CCNC(=O)[C@@H]2C[C@@H]2C)cs1. The van der Waals surface area contributed by atoms with Crippen molar-refractivity contribution in [2.45, 2.75) is 39.5 Å². The molecule has 0 aromatic carbocycles. The number of nitrogens with zero attached hydrogens (tertiary/aromatic N) is 1. The molecule has 1 saturated carbocycles. The fourth-order valence-electron chi connectivity index (χ4n) is 1.83. The third-order valence-corrected chi connectivity index (χ3v) is 4.38. The molecule has 1 heterocycles. The summed E-state index contributed by atoms with van der Waals surface area (Å²) in [7, 11) is 0. The van der Waals surface area contributed by atoms with Gasteiger partial charge in [-0.3, -0.25) is 4.79 Å². The minimum Gasteiger partial charge on any atom is -0.355 e. The largest absolute Gasteiger partial charge is 0.355 e. The van der Waals surface area contributed by atoms with E-state index >= 15 is 0 Å². The number of hydrogen-bond acceptors (Lipinski definition) is 3. The smallest absolute Gasteiger partial charge is 0.223 e. The molecular formula is C13H20N2OS. The lowest BCUT2D eigenvalue weighted by molar-refractivity contribution is -0.122. The zero-order valence-corrected chi connectivity index (χ0v) is 11.5. The van der Waals surface area contributed by atoms with Crippen molar-refractivity contribution in [3.05, 3.63) is 16.1 Å². The Bertz CT molecular complexity index is 400. The van der Waals surface area contributed by atoms with E-state index in [4.69, 9.17) is 0 Å². The van der Waals surface area contributed by atoms with E-state index < -0.39 is 0 Å². The summed E-state index contributed by atoms with van der Waals surface area (Å²) < 4.78 is 0. The maximum absolute atomic E-state index is 11.6. The lowest BCUT2D eigenvalue weighted by Gasteiger charge is -2.02. The van der Waals surface area contributed by atoms with Gasteiger partial charge in [0.25, 0.3) is 0 Å². The Morgan fingerprint density at radius 3 is 2.88 bits per heavy atom. The van der Waals surface area contributed by atoms with Crippen molar-refractivity contribution >= 4 is 17.2 Å². The standard InChI is InChI=1S/C13H20N2OS/c1-8(2)13-15-10(7-17-13)4-5-14-12(16)11-6-9(11)3/h7-9,11H,4-6H2,1-3H3,(H,14,16)/t9-,11+/m0/s1. The highest BCUT2D eigenvalue weighted by Gasteiger charge is 2.38. The molecule has 3 nitrogen and oxygen atoms in total. The number of aromatic nitrogens is 1. The van der Waals surface area contributed by atoms with Gasteiger partial charge in [0.15, 0.2) is 0 Å². The van der Waals surface area contributed by atoms with Gasteiger partial charge in [-0.15, -0.1) is 11.3 Å². The highest BCUT2D eigenvalue weighted by atomic mass is 32.1. The third kappa shape index (κ3) is 3.28. The van der Waals surface area contributed by atoms with Crippen molar-refractivity contribution in [1.82, 2.24) is 10.3 Å². The molecule has 4 heteroatoms. The van der Waals surface area contributed by atoms with Crippen molar-refractivity contribution in [3.8, 4) is 0 Å². The van der Waals surface area contributed by atoms with E-state index in [9.17, 15) is 4.79 Å². The summed E-state index contributed by atoms with van der Waals surface area (Å²) in [6.45, 7) is 7.14. The van der Waals surface area contributed by atoms with Crippen molar-refractivity contribution in [3.63, 3.8) is 0 Å². The molecule has 1 aromatic rings. The number of carbonyl (C=O) groups is 1. The lowest BCUT2D eigenvalue weighted by Crippen LogP contribution is -2.27. The summed E-state index contributed by atoms with van der Waals surface area (Å²) >= 11 is 1.71. The van der Waals surface area contributed by atoms with E-state index in [1.807, 2.05) is 0 Å². The molecule has 1 N–H and O–H groups in total. The minimum atomic E-state index is 0.219. The Balaban J connectivity index is 1.72. The molecular weight excluding hydrogens is 232 g/mol. The van der Waals surface area contributed by atoms with Gasteiger partial charge < -0.3 is 5.32 Å². The first kappa shape index (κ1) is 12.6. The molecule has 0 unspecified atom stereocenters. The highest BCUT2D eigenvalue weighted by Crippen LogP contribution is 2.37. The van der Waals surface area contributed by atoms with Gasteiger partial charge in [0.05, 0.1) is 10.7 Å². The van der Waals surface area contributed by atoms with Crippen LogP contribution >= 0.6 is 11.3 Å². The molecule has 0 saturated heterocycles. The molecule has 1 aliphatic rings. The van der Waals surface area contributed by atoms with Crippen LogP contribution in [0.5, 0.6) is 0 Å². The van der Waals surface area contributed by atoms with E-state index in [2.05, 4.69) is 36.5 Å². The molecule has 0 radical (unpaired) electrons. The van der Waals surface area contributed by atoms with Crippen LogP contribution in [0, 0.1) is 11.8 Å². The summed E-state index contributed by atoms with van der Waals surface area (Å²) in [5.74, 6) is 1.57. The summed E-state index contributed by atoms with van der Waals surface area (Å²) in [4.78, 5) is 16.1. The van der Waals surface area contributed by atoms with Crippen LogP contribution in [0.4, 0.5) is 0 Å². The Hall–Kier alpha value is -0.900. The van der Waals surface area contributed by atoms with Crippen molar-refractivity contribution in [2.75, 3.05) is 6.54 Å². The summed E-state index contributed by atoms with van der Waals surface area (Å²) in [5, 5.41) is 6.27. The van der Waals surface area contributed by atoms with Gasteiger partial charge in [-0.2, -0.15) is 0 Å². The third-order valence-electron chi connectivity index (χ3n) is 3.19. The summed E-state index contributed by atoms with van der Waals surface area (Å²) in [5.41, 5.74) is 1.10. The normalized spacial score (nSPS) is 22.8. The molecule has 94 valence electrons. The molecule has 2 rings (SSSR count). The number of nitrogens with one attached hydrogen (secondary N) is 1. The Labute approximate surface area is 107 Å². The van der Waals surface area contributed by atoms with Crippen LogP contribution in [0.15, 0.2) is 5.38 Å². The van der Waals surface area contributed by atoms with Crippen molar-refractivity contribution < 1.29 is 4.79 Å². The minimum absolute atomic E-state index is 0.219. The van der Waals surface area contributed by atoms with Gasteiger partial charge in [0.1, 0.15) is 0 Å². The van der Waals surface area contributed by atoms with Gasteiger partial charge >= 0.3 is 0 Å². The van der Waals surface area contributed by atoms with Gasteiger partial charge in [-0.05, 0) is 12.3 Å². The van der Waals surface area contributed by atoms with E-state index in [0.29, 0.717) is 18.4 Å². The predicted molar refractivity (Wildman–Crippen MR) is 70.2 cm³/mol. The number of rotatable bonds is 5. The van der Waals surface area contributed by atoms with Crippen LogP contribution in [0.2, 0.25) is 0 Å². The van der Waals surface area contributed by atoms with Gasteiger partial charge in [-0.1, -0.05) is 20.8 Å². The molecule has 0 bridgehead atoms. The molecule has 0 spiro atoms. The predicted octanol–water partition coefficient (Wildman–Crippen LogP) is 2.58. The van der Waals surface area contributed by atoms with E-state index in [1.165, 1.54) is 5.01 Å². The Kier molecular flexibility index (Phi) is 3.82. The second-order valence-corrected chi connectivity index (χ2v) is 6.08. The topological polar surface area (TPSA) is 42.0 Å². The van der Waals surface area contributed by atoms with Crippen molar-refractivity contribution in [1.29, 1.82) is 0 Å². The van der Waals surface area contributed by atoms with Crippen LogP contribution in [-0.4, -0.2) is 17.4 Å². The van der Waals surface area contributed by atoms with Gasteiger partial charge in [0, 0.05) is 30.2 Å². The Morgan fingerprint density at radius 2 is 2.35 bits per heavy atom. The number of thiazole rings is 1. The first-order valence-electron chi connectivity index (χ1n) is 6.30. The number of hydrogen-bond donors (Lipinski definition) is 1. The van der Waals surface area contributed by atoms with Crippen LogP contribution in [-0.2, 0) is 11.2 Å². The molecule has 1 aliphatic carbocycles. The van der Waals surface area contributed by atoms with E-state index in [0.717, 1.165) is 18.5 Å². The average Bonchev–Trinajstić information content (AvgIpc) is 2.82. The summed E-state index contributed by atoms with van der Waals surface area (Å²) in [6, 6.07) is 0. The first-order chi connectivity index (χ1) is 8.08. The maximum atomic E-state index is 11.6. The van der Waals surface area contributed by atoms with E-state index in [1.54, 1.807) is 11.3 Å². The second kappa shape index (κ2) is 5.17. The molecule has 2 atom stereocenters. The Morgan fingerprint density at radius 1 is 1.65 bits per heavy atom. The van der Waals surface area contributed by atoms with Crippen LogP contribution in [0.3, 0.4) is 0 Å². The molecule has 1 aromatic heterocycles. The lowest BCUT2D eigenvalue weighted by atomic mass is 10.2. The van der Waals surface area contributed by atoms with E-state index in [-0.39, 0.29) is 11.8 Å². The molecule has 0 aliphatic heterocycles. The van der Waals surface area contributed by atoms with Gasteiger partial charge in [-0.25, -0.2) is 4.98 Å². The zero-order chi connectivity index (χ0) is 12.4. The molecule has 17 heavy (non-hydrogen) atoms. The fraction of sp³-hybridized carbons (Fsp3) is 0.692. The van der Waals surface area contributed by atoms with Crippen LogP contribution in [0.25, 0.3) is 0 Å². The molecule has 1 amide bonds. The number of carbonyl (C=O) groups excluding carboxylic acids is 1. The van der Waals surface area contributed by atoms with Crippen molar-refractivity contribution in [2.24, 2.45) is 11.8 Å². The average molecular weight is 252 g/mol. The maximum Gasteiger partial charge on any atom is 0.223 e. The van der Waals surface area contributed by atoms with Gasteiger partial charge in [0.2, 0.25) is 5.91 Å². The molecule has 1 fully saturated rings. The zero-order valence-electron chi connectivity index (χ0n) is 10.7.